The van der Waals surface area contributed by atoms with Gasteiger partial charge in [-0.15, -0.1) is 11.8 Å². The molecule has 0 aromatic rings. The number of rotatable bonds is 4. The van der Waals surface area contributed by atoms with E-state index >= 15 is 0 Å². The first kappa shape index (κ1) is 12.8. The maximum atomic E-state index is 4.51. The molecule has 110 valence electrons. The molecule has 2 aliphatic carbocycles. The van der Waals surface area contributed by atoms with Crippen LogP contribution in [0.15, 0.2) is 4.40 Å². The zero-order chi connectivity index (χ0) is 13.2. The Kier molecular flexibility index (Phi) is 2.97. The summed E-state index contributed by atoms with van der Waals surface area (Å²) in [5, 5.41) is 0. The van der Waals surface area contributed by atoms with Gasteiger partial charge >= 0.3 is 0 Å². The van der Waals surface area contributed by atoms with E-state index in [0.29, 0.717) is 0 Å². The van der Waals surface area contributed by atoms with Crippen LogP contribution in [0.1, 0.15) is 25.7 Å². The van der Waals surface area contributed by atoms with Crippen molar-refractivity contribution in [2.75, 3.05) is 25.4 Å². The summed E-state index contributed by atoms with van der Waals surface area (Å²) in [6, 6.07) is 0. The summed E-state index contributed by atoms with van der Waals surface area (Å²) in [6.45, 7) is 4.09. The molecular formula is C15H23N3S2. The van der Waals surface area contributed by atoms with Gasteiger partial charge in [0, 0.05) is 31.8 Å². The van der Waals surface area contributed by atoms with Crippen LogP contribution in [0.2, 0.25) is 0 Å². The lowest BCUT2D eigenvalue weighted by molar-refractivity contribution is -0.0703. The van der Waals surface area contributed by atoms with Gasteiger partial charge in [-0.25, -0.2) is 9.12 Å². The molecule has 3 nitrogen and oxygen atoms in total. The predicted molar refractivity (Wildman–Crippen MR) is 86.8 cm³/mol. The fourth-order valence-corrected chi connectivity index (χ4v) is 7.76. The van der Waals surface area contributed by atoms with Gasteiger partial charge in [-0.05, 0) is 55.1 Å². The summed E-state index contributed by atoms with van der Waals surface area (Å²) in [6.07, 6.45) is 8.14. The van der Waals surface area contributed by atoms with Crippen LogP contribution >= 0.6 is 23.9 Å². The van der Waals surface area contributed by atoms with Gasteiger partial charge in [0.1, 0.15) is 4.87 Å². The second kappa shape index (κ2) is 4.64. The first-order chi connectivity index (χ1) is 9.82. The fourth-order valence-electron chi connectivity index (χ4n) is 5.19. The Balaban J connectivity index is 1.42. The molecule has 1 N–H and O–H groups in total. The molecule has 6 aliphatic rings. The number of hydrogen-bond donors (Lipinski definition) is 1. The van der Waals surface area contributed by atoms with Crippen LogP contribution in [0, 0.1) is 29.6 Å². The summed E-state index contributed by atoms with van der Waals surface area (Å²) in [5.74, 6) is 5.97. The Morgan fingerprint density at radius 3 is 2.65 bits per heavy atom. The number of thioether (sulfide) groups is 1. The smallest absolute Gasteiger partial charge is 0.115 e. The molecule has 3 unspecified atom stereocenters. The van der Waals surface area contributed by atoms with Crippen molar-refractivity contribution in [2.45, 2.75) is 30.6 Å². The second-order valence-electron chi connectivity index (χ2n) is 7.58. The van der Waals surface area contributed by atoms with E-state index in [-0.39, 0.29) is 4.87 Å². The van der Waals surface area contributed by atoms with Crippen molar-refractivity contribution in [3.63, 3.8) is 0 Å². The third-order valence-electron chi connectivity index (χ3n) is 6.04. The van der Waals surface area contributed by atoms with Crippen LogP contribution in [-0.4, -0.2) is 41.4 Å². The van der Waals surface area contributed by atoms with Crippen molar-refractivity contribution < 1.29 is 0 Å². The predicted octanol–water partition coefficient (Wildman–Crippen LogP) is 2.65. The van der Waals surface area contributed by atoms with Crippen molar-refractivity contribution in [1.82, 2.24) is 9.62 Å². The number of hydrogen-bond acceptors (Lipinski definition) is 5. The molecule has 0 spiro atoms. The van der Waals surface area contributed by atoms with Crippen LogP contribution in [0.5, 0.6) is 0 Å². The Morgan fingerprint density at radius 2 is 2.05 bits per heavy atom. The topological polar surface area (TPSA) is 27.6 Å². The lowest BCUT2D eigenvalue weighted by atomic mass is 9.60. The standard InChI is InChI=1S/C15H23N3S2/c1-2-10(1)8-19-15(9-16-20-17-15)14-12-3-11-4-13(14)7-18(5-11)6-12/h9-14,17H,1-8H2. The van der Waals surface area contributed by atoms with Crippen LogP contribution in [0.4, 0.5) is 0 Å². The molecule has 5 heteroatoms. The van der Waals surface area contributed by atoms with Gasteiger partial charge in [0.05, 0.1) is 12.1 Å². The van der Waals surface area contributed by atoms with Crippen molar-refractivity contribution in [3.8, 4) is 0 Å². The summed E-state index contributed by atoms with van der Waals surface area (Å²) < 4.78 is 8.23. The third-order valence-corrected chi connectivity index (χ3v) is 8.41. The Hall–Kier alpha value is 0.290. The molecule has 3 saturated heterocycles. The van der Waals surface area contributed by atoms with Gasteiger partial charge in [0.15, 0.2) is 0 Å². The maximum Gasteiger partial charge on any atom is 0.115 e. The van der Waals surface area contributed by atoms with Gasteiger partial charge in [0.2, 0.25) is 0 Å². The minimum absolute atomic E-state index is 0.150. The van der Waals surface area contributed by atoms with E-state index in [4.69, 9.17) is 0 Å². The van der Waals surface area contributed by atoms with Gasteiger partial charge in [-0.1, -0.05) is 0 Å². The average molecular weight is 310 g/mol. The quantitative estimate of drug-likeness (QED) is 0.808. The van der Waals surface area contributed by atoms with Crippen LogP contribution in [-0.2, 0) is 0 Å². The molecule has 0 amide bonds. The van der Waals surface area contributed by atoms with Crippen molar-refractivity contribution in [3.05, 3.63) is 0 Å². The lowest BCUT2D eigenvalue weighted by Gasteiger charge is -2.59. The largest absolute Gasteiger partial charge is 0.302 e. The van der Waals surface area contributed by atoms with Gasteiger partial charge in [-0.3, -0.25) is 0 Å². The first-order valence-electron chi connectivity index (χ1n) is 8.16. The molecule has 5 fully saturated rings. The van der Waals surface area contributed by atoms with E-state index in [0.717, 1.165) is 29.6 Å². The zero-order valence-corrected chi connectivity index (χ0v) is 13.5. The molecule has 0 aromatic heterocycles. The van der Waals surface area contributed by atoms with E-state index in [1.807, 2.05) is 0 Å². The molecular weight excluding hydrogens is 286 g/mol. The number of piperidine rings is 3. The van der Waals surface area contributed by atoms with E-state index in [9.17, 15) is 0 Å². The fraction of sp³-hybridized carbons (Fsp3) is 0.933. The molecule has 2 saturated carbocycles. The third kappa shape index (κ3) is 2.00. The highest BCUT2D eigenvalue weighted by atomic mass is 32.2. The normalized spacial score (nSPS) is 52.9. The Bertz CT molecular complexity index is 409. The van der Waals surface area contributed by atoms with Gasteiger partial charge < -0.3 is 4.90 Å². The molecule has 4 aliphatic heterocycles. The van der Waals surface area contributed by atoms with Gasteiger partial charge in [0.25, 0.3) is 0 Å². The summed E-state index contributed by atoms with van der Waals surface area (Å²) >= 11 is 3.76. The summed E-state index contributed by atoms with van der Waals surface area (Å²) in [5.41, 5.74) is 0. The molecule has 4 heterocycles. The number of nitrogens with zero attached hydrogens (tertiary/aromatic N) is 2. The first-order valence-corrected chi connectivity index (χ1v) is 9.92. The molecule has 20 heavy (non-hydrogen) atoms. The molecule has 3 atom stereocenters. The summed E-state index contributed by atoms with van der Waals surface area (Å²) in [7, 11) is 0. The Labute approximate surface area is 130 Å². The molecule has 0 aromatic carbocycles. The highest BCUT2D eigenvalue weighted by molar-refractivity contribution is 8.04. The van der Waals surface area contributed by atoms with Crippen LogP contribution in [0.3, 0.4) is 0 Å². The Morgan fingerprint density at radius 1 is 1.25 bits per heavy atom. The number of nitrogens with one attached hydrogen (secondary N) is 1. The minimum Gasteiger partial charge on any atom is -0.302 e. The molecule has 4 bridgehead atoms. The van der Waals surface area contributed by atoms with E-state index in [1.165, 1.54) is 51.1 Å². The van der Waals surface area contributed by atoms with Crippen molar-refractivity contribution >= 4 is 30.1 Å². The average Bonchev–Trinajstić information content (AvgIpc) is 3.14. The SMILES string of the molecule is C1=NSNC1(SCC1CC1)C1C2CC3CC1CN(C3)C2. The molecule has 6 rings (SSSR count). The zero-order valence-electron chi connectivity index (χ0n) is 11.8. The van der Waals surface area contributed by atoms with E-state index in [1.54, 1.807) is 12.1 Å². The van der Waals surface area contributed by atoms with Crippen molar-refractivity contribution in [1.29, 1.82) is 0 Å². The monoisotopic (exact) mass is 309 g/mol. The van der Waals surface area contributed by atoms with Crippen LogP contribution < -0.4 is 4.72 Å². The minimum atomic E-state index is 0.150. The van der Waals surface area contributed by atoms with E-state index in [2.05, 4.69) is 32.0 Å². The second-order valence-corrected chi connectivity index (χ2v) is 9.47. The van der Waals surface area contributed by atoms with Gasteiger partial charge in [-0.2, -0.15) is 0 Å². The highest BCUT2D eigenvalue weighted by Gasteiger charge is 2.56. The maximum absolute atomic E-state index is 4.51. The molecule has 0 radical (unpaired) electrons. The van der Waals surface area contributed by atoms with E-state index < -0.39 is 0 Å². The summed E-state index contributed by atoms with van der Waals surface area (Å²) in [4.78, 5) is 2.89. The van der Waals surface area contributed by atoms with Crippen molar-refractivity contribution in [2.24, 2.45) is 34.0 Å². The van der Waals surface area contributed by atoms with Crippen LogP contribution in [0.25, 0.3) is 0 Å². The highest BCUT2D eigenvalue weighted by Crippen LogP contribution is 2.55. The lowest BCUT2D eigenvalue weighted by Crippen LogP contribution is -2.64.